The van der Waals surface area contributed by atoms with Gasteiger partial charge in [-0.1, -0.05) is 12.6 Å². The van der Waals surface area contributed by atoms with Crippen molar-refractivity contribution in [3.63, 3.8) is 0 Å². The van der Waals surface area contributed by atoms with Crippen molar-refractivity contribution in [2.75, 3.05) is 11.9 Å². The molecule has 4 rings (SSSR count). The number of likely N-dealkylation sites (N-methyl/N-ethyl adjacent to an activating group) is 1. The molecular weight excluding hydrogens is 381 g/mol. The second-order valence-electron chi connectivity index (χ2n) is 6.63. The number of carbonyl (C=O) groups excluding carboxylic acids is 1. The number of pyridine rings is 2. The Labute approximate surface area is 171 Å². The first kappa shape index (κ1) is 19.0. The van der Waals surface area contributed by atoms with Gasteiger partial charge in [-0.3, -0.25) is 4.79 Å². The third-order valence-corrected chi connectivity index (χ3v) is 4.86. The number of nitrogens with zero attached hydrogens (tertiary/aromatic N) is 4. The van der Waals surface area contributed by atoms with Crippen LogP contribution in [0.4, 0.5) is 10.1 Å². The predicted molar refractivity (Wildman–Crippen MR) is 113 cm³/mol. The van der Waals surface area contributed by atoms with E-state index in [-0.39, 0.29) is 5.69 Å². The largest absolute Gasteiger partial charge is 0.346 e. The van der Waals surface area contributed by atoms with Gasteiger partial charge < -0.3 is 9.88 Å². The first-order valence-corrected chi connectivity index (χ1v) is 9.05. The van der Waals surface area contributed by atoms with Gasteiger partial charge in [0, 0.05) is 42.2 Å². The molecule has 0 aliphatic carbocycles. The van der Waals surface area contributed by atoms with Crippen LogP contribution in [0.1, 0.15) is 5.69 Å². The Morgan fingerprint density at radius 3 is 2.80 bits per heavy atom. The lowest BCUT2D eigenvalue weighted by atomic mass is 10.0. The number of halogens is 1. The van der Waals surface area contributed by atoms with Crippen LogP contribution in [-0.2, 0) is 4.79 Å². The van der Waals surface area contributed by atoms with E-state index in [1.165, 1.54) is 18.0 Å². The van der Waals surface area contributed by atoms with Crippen molar-refractivity contribution in [2.45, 2.75) is 0 Å². The van der Waals surface area contributed by atoms with Gasteiger partial charge in [-0.25, -0.2) is 14.4 Å². The number of benzene rings is 1. The molecule has 7 heteroatoms. The number of fused-ring (bicyclic) bond motifs is 1. The molecule has 0 spiro atoms. The van der Waals surface area contributed by atoms with E-state index in [2.05, 4.69) is 21.5 Å². The Morgan fingerprint density at radius 1 is 1.20 bits per heavy atom. The number of aromatic nitrogens is 3. The van der Waals surface area contributed by atoms with E-state index in [1.807, 2.05) is 24.4 Å². The maximum absolute atomic E-state index is 14.3. The van der Waals surface area contributed by atoms with E-state index in [0.29, 0.717) is 16.9 Å². The van der Waals surface area contributed by atoms with Gasteiger partial charge in [-0.2, -0.15) is 5.26 Å². The van der Waals surface area contributed by atoms with Crippen molar-refractivity contribution in [1.29, 1.82) is 5.26 Å². The molecule has 6 nitrogen and oxygen atoms in total. The highest BCUT2D eigenvalue weighted by Gasteiger charge is 2.15. The van der Waals surface area contributed by atoms with Gasteiger partial charge in [0.2, 0.25) is 5.91 Å². The van der Waals surface area contributed by atoms with Gasteiger partial charge in [0.05, 0.1) is 5.69 Å². The molecule has 0 bridgehead atoms. The molecule has 0 aliphatic rings. The number of nitriles is 1. The molecule has 1 amide bonds. The average Bonchev–Trinajstić information content (AvgIpc) is 3.21. The maximum Gasteiger partial charge on any atom is 0.250 e. The van der Waals surface area contributed by atoms with E-state index in [0.717, 1.165) is 28.2 Å². The summed E-state index contributed by atoms with van der Waals surface area (Å²) < 4.78 is 14.3. The van der Waals surface area contributed by atoms with Crippen molar-refractivity contribution in [3.8, 4) is 28.3 Å². The number of H-pyrrole nitrogens is 1. The molecule has 0 saturated carbocycles. The summed E-state index contributed by atoms with van der Waals surface area (Å²) in [5.74, 6) is -0.910. The molecule has 1 N–H and O–H groups in total. The van der Waals surface area contributed by atoms with Crippen molar-refractivity contribution in [1.82, 2.24) is 15.0 Å². The molecule has 30 heavy (non-hydrogen) atoms. The Bertz CT molecular complexity index is 1340. The Balaban J connectivity index is 1.82. The third kappa shape index (κ3) is 3.31. The highest BCUT2D eigenvalue weighted by molar-refractivity contribution is 6.01. The summed E-state index contributed by atoms with van der Waals surface area (Å²) >= 11 is 0. The monoisotopic (exact) mass is 397 g/mol. The average molecular weight is 397 g/mol. The molecule has 4 aromatic rings. The molecular formula is C23H16FN5O. The zero-order chi connectivity index (χ0) is 21.3. The molecule has 1 aromatic carbocycles. The SMILES string of the molecule is C=CC(=O)N(C)c1cc(-c2cnc3[nH]cc(-c4ccnc(C#N)c4)c3c2)ccc1F. The van der Waals surface area contributed by atoms with E-state index in [9.17, 15) is 9.18 Å². The van der Waals surface area contributed by atoms with Gasteiger partial charge in [0.25, 0.3) is 0 Å². The molecule has 3 heterocycles. The van der Waals surface area contributed by atoms with Gasteiger partial charge >= 0.3 is 0 Å². The van der Waals surface area contributed by atoms with Crippen LogP contribution in [0.15, 0.2) is 67.6 Å². The van der Waals surface area contributed by atoms with Crippen LogP contribution in [0, 0.1) is 17.1 Å². The van der Waals surface area contributed by atoms with Crippen molar-refractivity contribution in [3.05, 3.63) is 79.2 Å². The normalized spacial score (nSPS) is 10.6. The Kier molecular flexibility index (Phi) is 4.82. The number of carbonyl (C=O) groups is 1. The molecule has 0 radical (unpaired) electrons. The number of hydrogen-bond donors (Lipinski definition) is 1. The van der Waals surface area contributed by atoms with Crippen LogP contribution < -0.4 is 4.90 Å². The molecule has 0 aliphatic heterocycles. The van der Waals surface area contributed by atoms with E-state index >= 15 is 0 Å². The van der Waals surface area contributed by atoms with Gasteiger partial charge in [-0.15, -0.1) is 0 Å². The summed E-state index contributed by atoms with van der Waals surface area (Å²) in [6.45, 7) is 3.44. The van der Waals surface area contributed by atoms with Crippen LogP contribution in [0.5, 0.6) is 0 Å². The first-order valence-electron chi connectivity index (χ1n) is 9.05. The van der Waals surface area contributed by atoms with Gasteiger partial charge in [-0.05, 0) is 47.5 Å². The number of rotatable bonds is 4. The lowest BCUT2D eigenvalue weighted by Gasteiger charge is -2.17. The second-order valence-corrected chi connectivity index (χ2v) is 6.63. The maximum atomic E-state index is 14.3. The number of amides is 1. The van der Waals surface area contributed by atoms with Crippen LogP contribution in [0.2, 0.25) is 0 Å². The Hall–Kier alpha value is -4.31. The lowest BCUT2D eigenvalue weighted by molar-refractivity contribution is -0.113. The second kappa shape index (κ2) is 7.60. The van der Waals surface area contributed by atoms with E-state index < -0.39 is 11.7 Å². The standard InChI is InChI=1S/C23H16FN5O/c1-3-22(30)29(2)21-10-14(4-5-20(21)24)16-9-18-19(13-28-23(18)27-12-16)15-6-7-26-17(8-15)11-25/h3-10,12-13H,1H2,2H3,(H,27,28). The predicted octanol–water partition coefficient (Wildman–Crippen LogP) is 4.45. The summed E-state index contributed by atoms with van der Waals surface area (Å²) in [7, 11) is 1.49. The molecule has 0 unspecified atom stereocenters. The minimum Gasteiger partial charge on any atom is -0.346 e. The van der Waals surface area contributed by atoms with E-state index in [4.69, 9.17) is 5.26 Å². The number of nitrogens with one attached hydrogen (secondary N) is 1. The molecule has 146 valence electrons. The third-order valence-electron chi connectivity index (χ3n) is 4.86. The fourth-order valence-corrected chi connectivity index (χ4v) is 3.26. The number of anilines is 1. The molecule has 0 fully saturated rings. The summed E-state index contributed by atoms with van der Waals surface area (Å²) in [6.07, 6.45) is 6.23. The minimum absolute atomic E-state index is 0.152. The zero-order valence-corrected chi connectivity index (χ0v) is 16.1. The summed E-state index contributed by atoms with van der Waals surface area (Å²) in [6, 6.07) is 12.1. The van der Waals surface area contributed by atoms with Crippen LogP contribution in [-0.4, -0.2) is 27.9 Å². The zero-order valence-electron chi connectivity index (χ0n) is 16.1. The lowest BCUT2D eigenvalue weighted by Crippen LogP contribution is -2.24. The first-order chi connectivity index (χ1) is 14.5. The fourth-order valence-electron chi connectivity index (χ4n) is 3.26. The highest BCUT2D eigenvalue weighted by atomic mass is 19.1. The number of hydrogen-bond acceptors (Lipinski definition) is 4. The quantitative estimate of drug-likeness (QED) is 0.516. The van der Waals surface area contributed by atoms with Crippen LogP contribution >= 0.6 is 0 Å². The summed E-state index contributed by atoms with van der Waals surface area (Å²) in [5.41, 5.74) is 4.35. The topological polar surface area (TPSA) is 85.7 Å². The minimum atomic E-state index is -0.506. The molecule has 3 aromatic heterocycles. The van der Waals surface area contributed by atoms with Crippen LogP contribution in [0.3, 0.4) is 0 Å². The van der Waals surface area contributed by atoms with Crippen molar-refractivity contribution >= 4 is 22.6 Å². The van der Waals surface area contributed by atoms with E-state index in [1.54, 1.807) is 30.6 Å². The smallest absolute Gasteiger partial charge is 0.250 e. The molecule has 0 saturated heterocycles. The summed E-state index contributed by atoms with van der Waals surface area (Å²) in [4.78, 5) is 24.7. The van der Waals surface area contributed by atoms with Gasteiger partial charge in [0.15, 0.2) is 0 Å². The fraction of sp³-hybridized carbons (Fsp3) is 0.0435. The Morgan fingerprint density at radius 2 is 2.03 bits per heavy atom. The van der Waals surface area contributed by atoms with Crippen molar-refractivity contribution < 1.29 is 9.18 Å². The number of aromatic amines is 1. The van der Waals surface area contributed by atoms with Gasteiger partial charge in [0.1, 0.15) is 23.2 Å². The van der Waals surface area contributed by atoms with Crippen LogP contribution in [0.25, 0.3) is 33.3 Å². The molecule has 0 atom stereocenters. The van der Waals surface area contributed by atoms with Crippen molar-refractivity contribution in [2.24, 2.45) is 0 Å². The summed E-state index contributed by atoms with van der Waals surface area (Å²) in [5, 5.41) is 9.97. The highest BCUT2D eigenvalue weighted by Crippen LogP contribution is 2.32.